The van der Waals surface area contributed by atoms with Gasteiger partial charge in [0, 0.05) is 37.9 Å². The molecule has 0 spiro atoms. The summed E-state index contributed by atoms with van der Waals surface area (Å²) in [6.07, 6.45) is 1.18. The van der Waals surface area contributed by atoms with Crippen LogP contribution in [0.1, 0.15) is 37.2 Å². The first-order chi connectivity index (χ1) is 12.0. The Labute approximate surface area is 147 Å². The molecule has 0 aromatic carbocycles. The molecule has 0 aliphatic carbocycles. The second-order valence-corrected chi connectivity index (χ2v) is 6.59. The van der Waals surface area contributed by atoms with Crippen molar-refractivity contribution in [2.24, 2.45) is 0 Å². The second kappa shape index (κ2) is 7.35. The van der Waals surface area contributed by atoms with Gasteiger partial charge in [-0.2, -0.15) is 0 Å². The van der Waals surface area contributed by atoms with Gasteiger partial charge in [-0.1, -0.05) is 0 Å². The van der Waals surface area contributed by atoms with Crippen LogP contribution in [-0.2, 0) is 14.3 Å². The van der Waals surface area contributed by atoms with E-state index in [1.54, 1.807) is 4.90 Å². The van der Waals surface area contributed by atoms with Crippen LogP contribution >= 0.6 is 0 Å². The van der Waals surface area contributed by atoms with E-state index in [4.69, 9.17) is 9.47 Å². The van der Waals surface area contributed by atoms with Crippen LogP contribution in [0, 0.1) is 6.92 Å². The van der Waals surface area contributed by atoms with Gasteiger partial charge in [0.2, 0.25) is 5.91 Å². The number of carbonyl (C=O) groups is 2. The van der Waals surface area contributed by atoms with Gasteiger partial charge in [0.05, 0.1) is 6.54 Å². The number of likely N-dealkylation sites (tertiary alicyclic amines) is 1. The lowest BCUT2D eigenvalue weighted by Gasteiger charge is -2.32. The van der Waals surface area contributed by atoms with Crippen LogP contribution in [0.4, 0.5) is 10.6 Å². The maximum atomic E-state index is 12.0. The topological polar surface area (TPSA) is 84.9 Å². The molecule has 8 heteroatoms. The van der Waals surface area contributed by atoms with Crippen molar-refractivity contribution in [2.45, 2.75) is 38.7 Å². The van der Waals surface area contributed by atoms with Crippen LogP contribution in [0.5, 0.6) is 0 Å². The van der Waals surface area contributed by atoms with Crippen LogP contribution in [0.15, 0.2) is 6.07 Å². The van der Waals surface area contributed by atoms with Gasteiger partial charge in [0.15, 0.2) is 0 Å². The van der Waals surface area contributed by atoms with E-state index in [1.807, 2.05) is 24.8 Å². The summed E-state index contributed by atoms with van der Waals surface area (Å²) in [7, 11) is 1.53. The Balaban J connectivity index is 1.71. The number of methoxy groups -OCH3 is 1. The minimum Gasteiger partial charge on any atom is -0.444 e. The van der Waals surface area contributed by atoms with Gasteiger partial charge in [-0.05, 0) is 26.7 Å². The van der Waals surface area contributed by atoms with Crippen molar-refractivity contribution in [1.82, 2.24) is 14.9 Å². The molecule has 0 saturated carbocycles. The van der Waals surface area contributed by atoms with Gasteiger partial charge in [-0.25, -0.2) is 14.8 Å². The molecule has 1 aromatic heterocycles. The van der Waals surface area contributed by atoms with Crippen molar-refractivity contribution in [1.29, 1.82) is 0 Å². The summed E-state index contributed by atoms with van der Waals surface area (Å²) in [6, 6.07) is 1.88. The maximum absolute atomic E-state index is 12.0. The third kappa shape index (κ3) is 3.89. The molecule has 136 valence electrons. The van der Waals surface area contributed by atoms with Gasteiger partial charge < -0.3 is 14.4 Å². The van der Waals surface area contributed by atoms with Crippen molar-refractivity contribution < 1.29 is 19.1 Å². The van der Waals surface area contributed by atoms with E-state index in [1.165, 1.54) is 7.11 Å². The minimum atomic E-state index is -0.364. The van der Waals surface area contributed by atoms with Crippen molar-refractivity contribution in [3.05, 3.63) is 17.6 Å². The van der Waals surface area contributed by atoms with Crippen molar-refractivity contribution >= 4 is 17.8 Å². The number of carbonyl (C=O) groups excluding carboxylic acids is 2. The summed E-state index contributed by atoms with van der Waals surface area (Å²) >= 11 is 0. The van der Waals surface area contributed by atoms with Crippen molar-refractivity contribution in [3.63, 3.8) is 0 Å². The van der Waals surface area contributed by atoms with E-state index >= 15 is 0 Å². The fourth-order valence-electron chi connectivity index (χ4n) is 3.35. The molecular weight excluding hydrogens is 324 g/mol. The number of rotatable bonds is 4. The normalized spacial score (nSPS) is 21.6. The molecule has 0 radical (unpaired) electrons. The third-order valence-electron chi connectivity index (χ3n) is 4.62. The Morgan fingerprint density at radius 1 is 1.36 bits per heavy atom. The molecule has 0 bridgehead atoms. The fraction of sp³-hybridized carbons (Fsp3) is 0.647. The predicted octanol–water partition coefficient (Wildman–Crippen LogP) is 1.48. The average Bonchev–Trinajstić information content (AvgIpc) is 2.93. The van der Waals surface area contributed by atoms with Gasteiger partial charge in [0.25, 0.3) is 0 Å². The molecule has 1 aromatic rings. The fourth-order valence-corrected chi connectivity index (χ4v) is 3.35. The minimum absolute atomic E-state index is 0.0225. The van der Waals surface area contributed by atoms with Gasteiger partial charge in [-0.3, -0.25) is 9.69 Å². The Morgan fingerprint density at radius 2 is 2.08 bits per heavy atom. The quantitative estimate of drug-likeness (QED) is 0.819. The Kier molecular flexibility index (Phi) is 5.17. The number of aryl methyl sites for hydroxylation is 1. The maximum Gasteiger partial charge on any atom is 0.415 e. The largest absolute Gasteiger partial charge is 0.444 e. The third-order valence-corrected chi connectivity index (χ3v) is 4.62. The highest BCUT2D eigenvalue weighted by molar-refractivity contribution is 5.88. The smallest absolute Gasteiger partial charge is 0.415 e. The molecule has 2 saturated heterocycles. The summed E-state index contributed by atoms with van der Waals surface area (Å²) in [4.78, 5) is 36.2. The average molecular weight is 348 g/mol. The number of hydrogen-bond acceptors (Lipinski definition) is 6. The number of cyclic esters (lactones) is 1. The lowest BCUT2D eigenvalue weighted by molar-refractivity contribution is -0.136. The highest BCUT2D eigenvalue weighted by Gasteiger charge is 2.32. The van der Waals surface area contributed by atoms with E-state index in [-0.39, 0.29) is 30.6 Å². The zero-order valence-corrected chi connectivity index (χ0v) is 14.9. The summed E-state index contributed by atoms with van der Waals surface area (Å²) in [5, 5.41) is 0. The van der Waals surface area contributed by atoms with Crippen LogP contribution < -0.4 is 4.90 Å². The number of nitrogens with zero attached hydrogens (tertiary/aromatic N) is 4. The first-order valence-electron chi connectivity index (χ1n) is 8.58. The summed E-state index contributed by atoms with van der Waals surface area (Å²) in [5.41, 5.74) is 0.925. The summed E-state index contributed by atoms with van der Waals surface area (Å²) in [5.74, 6) is 1.50. The highest BCUT2D eigenvalue weighted by atomic mass is 16.6. The first-order valence-corrected chi connectivity index (χ1v) is 8.58. The molecule has 3 rings (SSSR count). The highest BCUT2D eigenvalue weighted by Crippen LogP contribution is 2.29. The summed E-state index contributed by atoms with van der Waals surface area (Å²) in [6.45, 7) is 5.69. The zero-order chi connectivity index (χ0) is 18.0. The first kappa shape index (κ1) is 17.6. The SMILES string of the molecule is COCC(=O)N1CCC(c2cc(N3C[C@@H](C)OC3=O)nc(C)n2)CC1. The predicted molar refractivity (Wildman–Crippen MR) is 90.5 cm³/mol. The molecule has 25 heavy (non-hydrogen) atoms. The van der Waals surface area contributed by atoms with Crippen molar-refractivity contribution in [3.8, 4) is 0 Å². The van der Waals surface area contributed by atoms with Crippen LogP contribution in [0.3, 0.4) is 0 Å². The number of piperidine rings is 1. The van der Waals surface area contributed by atoms with Gasteiger partial charge in [0.1, 0.15) is 24.4 Å². The van der Waals surface area contributed by atoms with E-state index in [0.717, 1.165) is 18.5 Å². The zero-order valence-electron chi connectivity index (χ0n) is 14.9. The molecule has 2 amide bonds. The van der Waals surface area contributed by atoms with Crippen LogP contribution in [0.2, 0.25) is 0 Å². The molecule has 0 unspecified atom stereocenters. The van der Waals surface area contributed by atoms with Gasteiger partial charge >= 0.3 is 6.09 Å². The molecule has 2 aliphatic heterocycles. The molecular formula is C17H24N4O4. The molecule has 1 atom stereocenters. The molecule has 0 N–H and O–H groups in total. The Bertz CT molecular complexity index is 658. The number of hydrogen-bond donors (Lipinski definition) is 0. The molecule has 3 heterocycles. The van der Waals surface area contributed by atoms with E-state index in [2.05, 4.69) is 9.97 Å². The lowest BCUT2D eigenvalue weighted by atomic mass is 9.93. The molecule has 2 fully saturated rings. The number of anilines is 1. The molecule has 8 nitrogen and oxygen atoms in total. The lowest BCUT2D eigenvalue weighted by Crippen LogP contribution is -2.40. The van der Waals surface area contributed by atoms with E-state index in [0.29, 0.717) is 31.3 Å². The van der Waals surface area contributed by atoms with E-state index in [9.17, 15) is 9.59 Å². The number of amides is 2. The number of aromatic nitrogens is 2. The van der Waals surface area contributed by atoms with Crippen LogP contribution in [-0.4, -0.2) is 66.3 Å². The van der Waals surface area contributed by atoms with Crippen LogP contribution in [0.25, 0.3) is 0 Å². The molecule has 2 aliphatic rings. The van der Waals surface area contributed by atoms with Gasteiger partial charge in [-0.15, -0.1) is 0 Å². The monoisotopic (exact) mass is 348 g/mol. The number of ether oxygens (including phenoxy) is 2. The Hall–Kier alpha value is -2.22. The second-order valence-electron chi connectivity index (χ2n) is 6.59. The Morgan fingerprint density at radius 3 is 2.68 bits per heavy atom. The summed E-state index contributed by atoms with van der Waals surface area (Å²) < 4.78 is 10.1. The van der Waals surface area contributed by atoms with E-state index < -0.39 is 0 Å². The van der Waals surface area contributed by atoms with Crippen molar-refractivity contribution in [2.75, 3.05) is 38.3 Å². The standard InChI is InChI=1S/C17H24N4O4/c1-11-9-21(17(23)25-11)15-8-14(18-12(2)19-15)13-4-6-20(7-5-13)16(22)10-24-3/h8,11,13H,4-7,9-10H2,1-3H3/t11-/m1/s1.